The maximum absolute atomic E-state index is 10.6. The number of Topliss-reactive ketones (excluding diaryl/α,β-unsaturated/α-hetero) is 1. The van der Waals surface area contributed by atoms with Crippen LogP contribution in [0.3, 0.4) is 0 Å². The summed E-state index contributed by atoms with van der Waals surface area (Å²) < 4.78 is 0. The van der Waals surface area contributed by atoms with E-state index in [0.29, 0.717) is 12.3 Å². The van der Waals surface area contributed by atoms with Gasteiger partial charge in [0.1, 0.15) is 5.78 Å². The first kappa shape index (κ1) is 10.3. The molecule has 1 nitrogen and oxygen atoms in total. The molecule has 0 unspecified atom stereocenters. The highest BCUT2D eigenvalue weighted by molar-refractivity contribution is 5.75. The molecule has 0 aromatic heterocycles. The van der Waals surface area contributed by atoms with Crippen LogP contribution in [0.25, 0.3) is 0 Å². The van der Waals surface area contributed by atoms with E-state index < -0.39 is 0 Å². The van der Waals surface area contributed by atoms with Crippen LogP contribution in [0.5, 0.6) is 0 Å². The van der Waals surface area contributed by atoms with Gasteiger partial charge in [-0.15, -0.1) is 5.92 Å². The average Bonchev–Trinajstić information content (AvgIpc) is 2.14. The van der Waals surface area contributed by atoms with Gasteiger partial charge in [0, 0.05) is 18.8 Å². The van der Waals surface area contributed by atoms with Gasteiger partial charge < -0.3 is 0 Å². The van der Waals surface area contributed by atoms with E-state index in [-0.39, 0.29) is 5.78 Å². The topological polar surface area (TPSA) is 17.1 Å². The number of carbonyl (C=O) groups is 1. The lowest BCUT2D eigenvalue weighted by Gasteiger charge is -2.15. The van der Waals surface area contributed by atoms with Crippen molar-refractivity contribution in [3.8, 4) is 11.8 Å². The number of ketones is 1. The van der Waals surface area contributed by atoms with Gasteiger partial charge in [0.15, 0.2) is 0 Å². The highest BCUT2D eigenvalue weighted by Crippen LogP contribution is 2.22. The summed E-state index contributed by atoms with van der Waals surface area (Å²) in [5, 5.41) is 0. The summed E-state index contributed by atoms with van der Waals surface area (Å²) in [4.78, 5) is 10.6. The molecule has 0 atom stereocenters. The molecule has 0 aromatic rings. The molecule has 72 valence electrons. The van der Waals surface area contributed by atoms with Crippen molar-refractivity contribution in [1.29, 1.82) is 0 Å². The second kappa shape index (κ2) is 5.80. The fraction of sp³-hybridized carbons (Fsp3) is 0.750. The number of carbonyl (C=O) groups excluding carboxylic acids is 1. The molecule has 1 heteroatoms. The first-order valence-corrected chi connectivity index (χ1v) is 5.27. The van der Waals surface area contributed by atoms with Gasteiger partial charge in [0.2, 0.25) is 0 Å². The normalized spacial score (nSPS) is 17.6. The van der Waals surface area contributed by atoms with E-state index in [0.717, 1.165) is 6.42 Å². The lowest BCUT2D eigenvalue weighted by atomic mass is 9.90. The van der Waals surface area contributed by atoms with E-state index in [4.69, 9.17) is 0 Å². The fourth-order valence-corrected chi connectivity index (χ4v) is 1.70. The van der Waals surface area contributed by atoms with Gasteiger partial charge in [-0.2, -0.15) is 0 Å². The maximum atomic E-state index is 10.6. The van der Waals surface area contributed by atoms with Gasteiger partial charge in [-0.05, 0) is 19.8 Å². The van der Waals surface area contributed by atoms with E-state index in [9.17, 15) is 4.79 Å². The summed E-state index contributed by atoms with van der Waals surface area (Å²) in [6, 6.07) is 0. The maximum Gasteiger partial charge on any atom is 0.130 e. The molecule has 13 heavy (non-hydrogen) atoms. The zero-order chi connectivity index (χ0) is 9.52. The van der Waals surface area contributed by atoms with Crippen molar-refractivity contribution >= 4 is 5.78 Å². The number of hydrogen-bond acceptors (Lipinski definition) is 1. The monoisotopic (exact) mass is 178 g/mol. The van der Waals surface area contributed by atoms with Crippen LogP contribution < -0.4 is 0 Å². The van der Waals surface area contributed by atoms with E-state index in [1.54, 1.807) is 6.92 Å². The lowest BCUT2D eigenvalue weighted by Crippen LogP contribution is -2.03. The van der Waals surface area contributed by atoms with Crippen LogP contribution in [0.1, 0.15) is 51.9 Å². The average molecular weight is 178 g/mol. The Hall–Kier alpha value is -0.770. The Morgan fingerprint density at radius 3 is 2.62 bits per heavy atom. The van der Waals surface area contributed by atoms with Gasteiger partial charge in [-0.1, -0.05) is 25.2 Å². The van der Waals surface area contributed by atoms with Gasteiger partial charge in [-0.25, -0.2) is 0 Å². The molecule has 0 bridgehead atoms. The van der Waals surface area contributed by atoms with Crippen LogP contribution in [0, 0.1) is 17.8 Å². The third-order valence-corrected chi connectivity index (χ3v) is 2.51. The predicted molar refractivity (Wildman–Crippen MR) is 54.3 cm³/mol. The van der Waals surface area contributed by atoms with Crippen molar-refractivity contribution in [1.82, 2.24) is 0 Å². The fourth-order valence-electron chi connectivity index (χ4n) is 1.70. The molecule has 0 N–H and O–H groups in total. The van der Waals surface area contributed by atoms with Crippen LogP contribution in [0.2, 0.25) is 0 Å². The standard InChI is InChI=1S/C12H18O/c1-11(13)7-5-6-10-12-8-3-2-4-9-12/h12H,2-5,7-9H2,1H3. The molecule has 0 saturated heterocycles. The van der Waals surface area contributed by atoms with Gasteiger partial charge >= 0.3 is 0 Å². The van der Waals surface area contributed by atoms with E-state index in [1.165, 1.54) is 32.1 Å². The zero-order valence-corrected chi connectivity index (χ0v) is 8.44. The SMILES string of the molecule is CC(=O)CCC#CC1CCCCC1. The first-order chi connectivity index (χ1) is 6.29. The quantitative estimate of drug-likeness (QED) is 0.594. The second-order valence-electron chi connectivity index (χ2n) is 3.86. The Morgan fingerprint density at radius 2 is 2.00 bits per heavy atom. The van der Waals surface area contributed by atoms with Crippen molar-refractivity contribution in [2.75, 3.05) is 0 Å². The molecule has 1 aliphatic carbocycles. The Balaban J connectivity index is 2.17. The van der Waals surface area contributed by atoms with E-state index in [2.05, 4.69) is 11.8 Å². The Bertz CT molecular complexity index is 213. The molecule has 0 spiro atoms. The van der Waals surface area contributed by atoms with Crippen molar-refractivity contribution in [2.24, 2.45) is 5.92 Å². The Kier molecular flexibility index (Phi) is 4.60. The van der Waals surface area contributed by atoms with E-state index >= 15 is 0 Å². The van der Waals surface area contributed by atoms with Gasteiger partial charge in [0.25, 0.3) is 0 Å². The van der Waals surface area contributed by atoms with Crippen LogP contribution in [0.4, 0.5) is 0 Å². The summed E-state index contributed by atoms with van der Waals surface area (Å²) >= 11 is 0. The number of hydrogen-bond donors (Lipinski definition) is 0. The second-order valence-corrected chi connectivity index (χ2v) is 3.86. The molecule has 0 amide bonds. The molecule has 0 radical (unpaired) electrons. The first-order valence-electron chi connectivity index (χ1n) is 5.27. The Morgan fingerprint density at radius 1 is 1.31 bits per heavy atom. The van der Waals surface area contributed by atoms with Crippen molar-refractivity contribution < 1.29 is 4.79 Å². The van der Waals surface area contributed by atoms with Crippen molar-refractivity contribution in [3.63, 3.8) is 0 Å². The molecule has 1 saturated carbocycles. The van der Waals surface area contributed by atoms with E-state index in [1.807, 2.05) is 0 Å². The molecule has 1 rings (SSSR count). The minimum atomic E-state index is 0.248. The summed E-state index contributed by atoms with van der Waals surface area (Å²) in [7, 11) is 0. The lowest BCUT2D eigenvalue weighted by molar-refractivity contribution is -0.116. The third kappa shape index (κ3) is 4.72. The molecule has 1 fully saturated rings. The van der Waals surface area contributed by atoms with Crippen LogP contribution in [-0.2, 0) is 4.79 Å². The summed E-state index contributed by atoms with van der Waals surface area (Å²) in [5.41, 5.74) is 0. The van der Waals surface area contributed by atoms with Gasteiger partial charge in [0.05, 0.1) is 0 Å². The molecule has 0 aromatic carbocycles. The molecular formula is C12H18O. The Labute approximate surface area is 80.9 Å². The minimum Gasteiger partial charge on any atom is -0.300 e. The summed E-state index contributed by atoms with van der Waals surface area (Å²) in [5.74, 6) is 7.26. The largest absolute Gasteiger partial charge is 0.300 e. The molecular weight excluding hydrogens is 160 g/mol. The smallest absolute Gasteiger partial charge is 0.130 e. The van der Waals surface area contributed by atoms with Crippen molar-refractivity contribution in [3.05, 3.63) is 0 Å². The molecule has 0 heterocycles. The highest BCUT2D eigenvalue weighted by atomic mass is 16.1. The zero-order valence-electron chi connectivity index (χ0n) is 8.44. The van der Waals surface area contributed by atoms with Gasteiger partial charge in [-0.3, -0.25) is 4.79 Å². The third-order valence-electron chi connectivity index (χ3n) is 2.51. The minimum absolute atomic E-state index is 0.248. The summed E-state index contributed by atoms with van der Waals surface area (Å²) in [6.07, 6.45) is 7.98. The molecule has 1 aliphatic rings. The number of rotatable bonds is 2. The molecule has 0 aliphatic heterocycles. The van der Waals surface area contributed by atoms with Crippen LogP contribution >= 0.6 is 0 Å². The highest BCUT2D eigenvalue weighted by Gasteiger charge is 2.09. The van der Waals surface area contributed by atoms with Crippen LogP contribution in [-0.4, -0.2) is 5.78 Å². The summed E-state index contributed by atoms with van der Waals surface area (Å²) in [6.45, 7) is 1.63. The van der Waals surface area contributed by atoms with Crippen molar-refractivity contribution in [2.45, 2.75) is 51.9 Å². The van der Waals surface area contributed by atoms with Crippen LogP contribution in [0.15, 0.2) is 0 Å². The predicted octanol–water partition coefficient (Wildman–Crippen LogP) is 2.94.